The lowest BCUT2D eigenvalue weighted by atomic mass is 9.94. The van der Waals surface area contributed by atoms with Crippen molar-refractivity contribution in [3.05, 3.63) is 45.0 Å². The van der Waals surface area contributed by atoms with Gasteiger partial charge in [0.2, 0.25) is 5.43 Å². The lowest BCUT2D eigenvalue weighted by molar-refractivity contribution is -0.00269. The van der Waals surface area contributed by atoms with E-state index in [1.165, 1.54) is 6.20 Å². The van der Waals surface area contributed by atoms with E-state index in [1.807, 2.05) is 0 Å². The van der Waals surface area contributed by atoms with Crippen LogP contribution in [0.1, 0.15) is 47.5 Å². The zero-order valence-corrected chi connectivity index (χ0v) is 12.4. The Balaban J connectivity index is 2.19. The van der Waals surface area contributed by atoms with E-state index in [2.05, 4.69) is 0 Å². The van der Waals surface area contributed by atoms with E-state index in [0.29, 0.717) is 29.5 Å². The van der Waals surface area contributed by atoms with Crippen LogP contribution in [-0.2, 0) is 16.9 Å². The molecule has 0 spiro atoms. The maximum atomic E-state index is 14.6. The molecule has 1 aromatic heterocycles. The SMILES string of the molecule is CC1OCc2c(C3(N)CC3)c(F)cc3c(=O)c(C(=O)O)cn1c23. The molecule has 1 aromatic carbocycles. The topological polar surface area (TPSA) is 94.6 Å². The van der Waals surface area contributed by atoms with Crippen molar-refractivity contribution in [2.75, 3.05) is 0 Å². The molecule has 0 bridgehead atoms. The van der Waals surface area contributed by atoms with Crippen LogP contribution in [0.4, 0.5) is 4.39 Å². The molecule has 0 radical (unpaired) electrons. The molecule has 2 heterocycles. The van der Waals surface area contributed by atoms with Gasteiger partial charge in [-0.1, -0.05) is 0 Å². The fourth-order valence-corrected chi connectivity index (χ4v) is 3.35. The summed E-state index contributed by atoms with van der Waals surface area (Å²) in [5.74, 6) is -1.92. The highest BCUT2D eigenvalue weighted by atomic mass is 19.1. The van der Waals surface area contributed by atoms with E-state index in [0.717, 1.165) is 6.07 Å². The Hall–Kier alpha value is -2.25. The van der Waals surface area contributed by atoms with E-state index in [4.69, 9.17) is 10.5 Å². The number of benzene rings is 1. The monoisotopic (exact) mass is 318 g/mol. The standard InChI is InChI=1S/C16H15FN2O4/c1-7-19-5-9(15(21)22)14(20)8-4-11(17)12(16(18)2-3-16)10(6-23-7)13(8)19/h4-5,7H,2-3,6,18H2,1H3,(H,21,22). The highest BCUT2D eigenvalue weighted by Crippen LogP contribution is 2.47. The van der Waals surface area contributed by atoms with Crippen molar-refractivity contribution >= 4 is 16.9 Å². The van der Waals surface area contributed by atoms with Gasteiger partial charge >= 0.3 is 5.97 Å². The molecule has 0 saturated heterocycles. The number of rotatable bonds is 2. The number of aromatic nitrogens is 1. The molecule has 6 nitrogen and oxygen atoms in total. The molecule has 4 rings (SSSR count). The van der Waals surface area contributed by atoms with Crippen LogP contribution in [0, 0.1) is 5.82 Å². The molecular formula is C16H15FN2O4. The lowest BCUT2D eigenvalue weighted by Crippen LogP contribution is -2.29. The van der Waals surface area contributed by atoms with Crippen molar-refractivity contribution in [2.24, 2.45) is 5.73 Å². The lowest BCUT2D eigenvalue weighted by Gasteiger charge is -2.29. The molecule has 1 saturated carbocycles. The van der Waals surface area contributed by atoms with Crippen molar-refractivity contribution in [3.63, 3.8) is 0 Å². The van der Waals surface area contributed by atoms with Crippen LogP contribution in [-0.4, -0.2) is 15.6 Å². The average Bonchev–Trinajstić information content (AvgIpc) is 3.22. The second-order valence-corrected chi connectivity index (χ2v) is 6.26. The van der Waals surface area contributed by atoms with Crippen LogP contribution in [0.25, 0.3) is 10.9 Å². The van der Waals surface area contributed by atoms with Gasteiger partial charge in [-0.2, -0.15) is 0 Å². The Morgan fingerprint density at radius 3 is 2.83 bits per heavy atom. The molecule has 2 aliphatic rings. The minimum Gasteiger partial charge on any atom is -0.477 e. The van der Waals surface area contributed by atoms with Gasteiger partial charge in [-0.15, -0.1) is 0 Å². The number of nitrogens with zero attached hydrogens (tertiary/aromatic N) is 1. The van der Waals surface area contributed by atoms with Crippen LogP contribution in [0.3, 0.4) is 0 Å². The smallest absolute Gasteiger partial charge is 0.341 e. The molecule has 1 atom stereocenters. The van der Waals surface area contributed by atoms with Crippen LogP contribution in [0.5, 0.6) is 0 Å². The van der Waals surface area contributed by atoms with Gasteiger partial charge in [-0.05, 0) is 25.8 Å². The zero-order chi connectivity index (χ0) is 16.5. The first-order chi connectivity index (χ1) is 10.8. The molecule has 7 heteroatoms. The second kappa shape index (κ2) is 4.39. The Labute approximate surface area is 130 Å². The molecule has 0 amide bonds. The molecule has 23 heavy (non-hydrogen) atoms. The van der Waals surface area contributed by atoms with Gasteiger partial charge in [0.25, 0.3) is 0 Å². The molecular weight excluding hydrogens is 303 g/mol. The summed E-state index contributed by atoms with van der Waals surface area (Å²) in [6, 6.07) is 1.12. The number of hydrogen-bond donors (Lipinski definition) is 2. The van der Waals surface area contributed by atoms with Crippen LogP contribution in [0.15, 0.2) is 17.1 Å². The average molecular weight is 318 g/mol. The first kappa shape index (κ1) is 14.3. The van der Waals surface area contributed by atoms with Gasteiger partial charge in [-0.25, -0.2) is 9.18 Å². The fraction of sp³-hybridized carbons (Fsp3) is 0.375. The minimum absolute atomic E-state index is 0.0561. The number of ether oxygens (including phenoxy) is 1. The largest absolute Gasteiger partial charge is 0.477 e. The van der Waals surface area contributed by atoms with Crippen molar-refractivity contribution in [1.82, 2.24) is 4.57 Å². The first-order valence-corrected chi connectivity index (χ1v) is 7.38. The number of nitrogens with two attached hydrogens (primary N) is 1. The number of carboxylic acids is 1. The quantitative estimate of drug-likeness (QED) is 0.881. The van der Waals surface area contributed by atoms with Crippen molar-refractivity contribution in [2.45, 2.75) is 38.1 Å². The Morgan fingerprint density at radius 1 is 1.52 bits per heavy atom. The Kier molecular flexibility index (Phi) is 2.74. The summed E-state index contributed by atoms with van der Waals surface area (Å²) in [7, 11) is 0. The maximum Gasteiger partial charge on any atom is 0.341 e. The third kappa shape index (κ3) is 1.87. The molecule has 1 aliphatic carbocycles. The predicted molar refractivity (Wildman–Crippen MR) is 79.7 cm³/mol. The summed E-state index contributed by atoms with van der Waals surface area (Å²) in [6.07, 6.45) is 2.16. The van der Waals surface area contributed by atoms with Gasteiger partial charge in [-0.3, -0.25) is 4.79 Å². The molecule has 3 N–H and O–H groups in total. The number of pyridine rings is 1. The van der Waals surface area contributed by atoms with Crippen LogP contribution >= 0.6 is 0 Å². The summed E-state index contributed by atoms with van der Waals surface area (Å²) in [5, 5.41) is 9.27. The molecule has 1 aliphatic heterocycles. The van der Waals surface area contributed by atoms with Gasteiger partial charge in [0, 0.05) is 28.2 Å². The predicted octanol–water partition coefficient (Wildman–Crippen LogP) is 1.84. The highest BCUT2D eigenvalue weighted by molar-refractivity contribution is 5.94. The Morgan fingerprint density at radius 2 is 2.22 bits per heavy atom. The van der Waals surface area contributed by atoms with Crippen molar-refractivity contribution in [3.8, 4) is 0 Å². The van der Waals surface area contributed by atoms with E-state index < -0.39 is 34.5 Å². The third-order valence-corrected chi connectivity index (χ3v) is 4.75. The molecule has 120 valence electrons. The number of halogens is 1. The fourth-order valence-electron chi connectivity index (χ4n) is 3.35. The van der Waals surface area contributed by atoms with Crippen molar-refractivity contribution in [1.29, 1.82) is 0 Å². The molecule has 1 unspecified atom stereocenters. The first-order valence-electron chi connectivity index (χ1n) is 7.38. The van der Waals surface area contributed by atoms with E-state index >= 15 is 0 Å². The Bertz CT molecular complexity index is 930. The number of carboxylic acid groups (broad SMARTS) is 1. The summed E-state index contributed by atoms with van der Waals surface area (Å²) >= 11 is 0. The number of aromatic carboxylic acids is 1. The van der Waals surface area contributed by atoms with Crippen LogP contribution in [0.2, 0.25) is 0 Å². The summed E-state index contributed by atoms with van der Waals surface area (Å²) in [5.41, 5.74) is 5.83. The highest BCUT2D eigenvalue weighted by Gasteiger charge is 2.45. The summed E-state index contributed by atoms with van der Waals surface area (Å²) < 4.78 is 21.8. The number of carbonyl (C=O) groups is 1. The summed E-state index contributed by atoms with van der Waals surface area (Å²) in [6.45, 7) is 1.90. The van der Waals surface area contributed by atoms with Gasteiger partial charge in [0.15, 0.2) is 0 Å². The maximum absolute atomic E-state index is 14.6. The molecule has 2 aromatic rings. The zero-order valence-electron chi connectivity index (χ0n) is 12.4. The summed E-state index contributed by atoms with van der Waals surface area (Å²) in [4.78, 5) is 23.7. The van der Waals surface area contributed by atoms with Gasteiger partial charge < -0.3 is 20.1 Å². The van der Waals surface area contributed by atoms with Crippen molar-refractivity contribution < 1.29 is 19.0 Å². The normalized spacial score (nSPS) is 21.4. The van der Waals surface area contributed by atoms with Gasteiger partial charge in [0.05, 0.1) is 12.1 Å². The number of hydrogen-bond acceptors (Lipinski definition) is 4. The van der Waals surface area contributed by atoms with E-state index in [1.54, 1.807) is 11.5 Å². The van der Waals surface area contributed by atoms with E-state index in [9.17, 15) is 19.1 Å². The van der Waals surface area contributed by atoms with Gasteiger partial charge in [0.1, 0.15) is 17.6 Å². The van der Waals surface area contributed by atoms with E-state index in [-0.39, 0.29) is 12.0 Å². The second-order valence-electron chi connectivity index (χ2n) is 6.26. The van der Waals surface area contributed by atoms with Crippen LogP contribution < -0.4 is 11.2 Å². The third-order valence-electron chi connectivity index (χ3n) is 4.75. The molecule has 1 fully saturated rings. The minimum atomic E-state index is -1.35.